The molecule has 2 aliphatic heterocycles. The third-order valence-electron chi connectivity index (χ3n) is 4.45. The van der Waals surface area contributed by atoms with Crippen LogP contribution in [-0.2, 0) is 15.0 Å². The van der Waals surface area contributed by atoms with Crippen molar-refractivity contribution < 1.29 is 9.59 Å². The molecule has 2 heterocycles. The molecule has 1 N–H and O–H groups in total. The summed E-state index contributed by atoms with van der Waals surface area (Å²) < 4.78 is 0. The van der Waals surface area contributed by atoms with E-state index in [2.05, 4.69) is 5.32 Å². The average molecular weight is 310 g/mol. The second-order valence-corrected chi connectivity index (χ2v) is 6.54. The van der Waals surface area contributed by atoms with E-state index < -0.39 is 10.4 Å². The molecule has 2 fully saturated rings. The van der Waals surface area contributed by atoms with Crippen molar-refractivity contribution in [3.05, 3.63) is 66.2 Å². The lowest BCUT2D eigenvalue weighted by Crippen LogP contribution is -2.91. The highest BCUT2D eigenvalue weighted by Crippen LogP contribution is 2.66. The monoisotopic (exact) mass is 310 g/mol. The highest BCUT2D eigenvalue weighted by atomic mass is 32.2. The molecule has 0 radical (unpaired) electrons. The van der Waals surface area contributed by atoms with E-state index >= 15 is 0 Å². The summed E-state index contributed by atoms with van der Waals surface area (Å²) in [4.78, 5) is 26.4. The van der Waals surface area contributed by atoms with E-state index in [1.54, 1.807) is 11.9 Å². The molecule has 2 aromatic carbocycles. The van der Waals surface area contributed by atoms with E-state index in [1.165, 1.54) is 11.8 Å². The quantitative estimate of drug-likeness (QED) is 0.697. The summed E-state index contributed by atoms with van der Waals surface area (Å²) in [7, 11) is 1.79. The number of amides is 1. The minimum atomic E-state index is -1.11. The number of likely N-dealkylation sites (N-methyl/N-ethyl adjacent to an activating group) is 1. The number of thioether (sulfide) groups is 1. The minimum absolute atomic E-state index is 0.0924. The predicted octanol–water partition coefficient (Wildman–Crippen LogP) is 2.12. The number of para-hydroxylation sites is 1. The molecule has 2 atom stereocenters. The van der Waals surface area contributed by atoms with Gasteiger partial charge >= 0.3 is 0 Å². The van der Waals surface area contributed by atoms with Gasteiger partial charge in [0.05, 0.1) is 0 Å². The first-order valence-corrected chi connectivity index (χ1v) is 7.88. The van der Waals surface area contributed by atoms with Gasteiger partial charge in [-0.3, -0.25) is 19.8 Å². The first-order valence-electron chi connectivity index (χ1n) is 7.06. The Balaban J connectivity index is 1.87. The smallest absolute Gasteiger partial charge is 0.253 e. The van der Waals surface area contributed by atoms with Crippen LogP contribution in [-0.4, -0.2) is 23.1 Å². The Labute approximate surface area is 132 Å². The van der Waals surface area contributed by atoms with Crippen molar-refractivity contribution >= 4 is 28.5 Å². The van der Waals surface area contributed by atoms with Crippen molar-refractivity contribution in [3.63, 3.8) is 0 Å². The minimum Gasteiger partial charge on any atom is -0.287 e. The first kappa shape index (κ1) is 13.5. The van der Waals surface area contributed by atoms with Crippen LogP contribution >= 0.6 is 11.8 Å². The van der Waals surface area contributed by atoms with Crippen molar-refractivity contribution in [3.8, 4) is 0 Å². The summed E-state index contributed by atoms with van der Waals surface area (Å²) >= 11 is 1.18. The Morgan fingerprint density at radius 3 is 2.09 bits per heavy atom. The molecular weight excluding hydrogens is 296 g/mol. The van der Waals surface area contributed by atoms with E-state index in [9.17, 15) is 9.59 Å². The summed E-state index contributed by atoms with van der Waals surface area (Å²) in [6.07, 6.45) is 0. The molecule has 2 saturated heterocycles. The fraction of sp³-hybridized carbons (Fsp3) is 0.176. The first-order chi connectivity index (χ1) is 10.7. The fourth-order valence-electron chi connectivity index (χ4n) is 3.43. The number of carbonyl (C=O) groups is 2. The van der Waals surface area contributed by atoms with Gasteiger partial charge < -0.3 is 0 Å². The number of rotatable bonds is 3. The van der Waals surface area contributed by atoms with Crippen LogP contribution in [0.4, 0.5) is 5.69 Å². The van der Waals surface area contributed by atoms with E-state index in [1.807, 2.05) is 60.7 Å². The van der Waals surface area contributed by atoms with Crippen LogP contribution in [0.2, 0.25) is 0 Å². The van der Waals surface area contributed by atoms with Crippen molar-refractivity contribution in [1.82, 2.24) is 5.32 Å². The average Bonchev–Trinajstić information content (AvgIpc) is 2.55. The highest BCUT2D eigenvalue weighted by Gasteiger charge is 2.84. The Morgan fingerprint density at radius 2 is 1.55 bits per heavy atom. The van der Waals surface area contributed by atoms with Crippen molar-refractivity contribution in [2.45, 2.75) is 10.4 Å². The molecule has 2 aromatic rings. The summed E-state index contributed by atoms with van der Waals surface area (Å²) in [5.41, 5.74) is 0.447. The summed E-state index contributed by atoms with van der Waals surface area (Å²) in [5, 5.41) is 3.12. The molecule has 2 unspecified atom stereocenters. The van der Waals surface area contributed by atoms with Crippen molar-refractivity contribution in [2.75, 3.05) is 11.9 Å². The molecule has 22 heavy (non-hydrogen) atoms. The Morgan fingerprint density at radius 1 is 0.955 bits per heavy atom. The SMILES string of the molecule is CNC12SC(=O)C1(c1ccccc1)C(=O)N2c1ccccc1. The molecule has 0 saturated carbocycles. The van der Waals surface area contributed by atoms with Gasteiger partial charge in [0, 0.05) is 5.69 Å². The normalized spacial score (nSPS) is 29.6. The maximum absolute atomic E-state index is 13.0. The van der Waals surface area contributed by atoms with Gasteiger partial charge in [-0.1, -0.05) is 48.5 Å². The zero-order valence-corrected chi connectivity index (χ0v) is 12.8. The molecule has 1 amide bonds. The number of fused-ring (bicyclic) bond motifs is 1. The van der Waals surface area contributed by atoms with Gasteiger partial charge in [0.1, 0.15) is 0 Å². The topological polar surface area (TPSA) is 49.4 Å². The Kier molecular flexibility index (Phi) is 2.74. The second-order valence-electron chi connectivity index (χ2n) is 5.38. The fourth-order valence-corrected chi connectivity index (χ4v) is 4.89. The number of nitrogens with zero attached hydrogens (tertiary/aromatic N) is 1. The van der Waals surface area contributed by atoms with Crippen LogP contribution in [0.5, 0.6) is 0 Å². The van der Waals surface area contributed by atoms with Crippen LogP contribution < -0.4 is 10.2 Å². The number of hydrogen-bond donors (Lipinski definition) is 1. The third kappa shape index (κ3) is 1.29. The highest BCUT2D eigenvalue weighted by molar-refractivity contribution is 8.17. The number of carbonyl (C=O) groups excluding carboxylic acids is 2. The van der Waals surface area contributed by atoms with E-state index in [0.29, 0.717) is 0 Å². The third-order valence-corrected chi connectivity index (χ3v) is 5.93. The van der Waals surface area contributed by atoms with Gasteiger partial charge in [-0.25, -0.2) is 0 Å². The predicted molar refractivity (Wildman–Crippen MR) is 86.4 cm³/mol. The van der Waals surface area contributed by atoms with Gasteiger partial charge in [0.15, 0.2) is 10.4 Å². The van der Waals surface area contributed by atoms with Gasteiger partial charge in [0.2, 0.25) is 5.12 Å². The van der Waals surface area contributed by atoms with Crippen LogP contribution in [0.15, 0.2) is 60.7 Å². The maximum Gasteiger partial charge on any atom is 0.253 e. The summed E-state index contributed by atoms with van der Waals surface area (Å²) in [5.74, 6) is -0.164. The molecule has 5 heteroatoms. The molecule has 4 nitrogen and oxygen atoms in total. The van der Waals surface area contributed by atoms with Crippen molar-refractivity contribution in [1.29, 1.82) is 0 Å². The lowest BCUT2D eigenvalue weighted by molar-refractivity contribution is -0.145. The molecule has 0 aliphatic carbocycles. The number of anilines is 1. The number of benzene rings is 2. The molecular formula is C17H14N2O2S. The Bertz CT molecular complexity index is 765. The van der Waals surface area contributed by atoms with E-state index in [4.69, 9.17) is 0 Å². The zero-order chi connectivity index (χ0) is 15.4. The largest absolute Gasteiger partial charge is 0.287 e. The molecule has 0 spiro atoms. The van der Waals surface area contributed by atoms with Gasteiger partial charge in [-0.15, -0.1) is 0 Å². The summed E-state index contributed by atoms with van der Waals surface area (Å²) in [6, 6.07) is 18.8. The zero-order valence-electron chi connectivity index (χ0n) is 11.9. The summed E-state index contributed by atoms with van der Waals surface area (Å²) in [6.45, 7) is 0. The molecule has 4 rings (SSSR count). The molecule has 110 valence electrons. The van der Waals surface area contributed by atoms with Gasteiger partial charge in [-0.2, -0.15) is 0 Å². The van der Waals surface area contributed by atoms with E-state index in [0.717, 1.165) is 11.3 Å². The van der Waals surface area contributed by atoms with Crippen LogP contribution in [0.3, 0.4) is 0 Å². The maximum atomic E-state index is 13.0. The lowest BCUT2D eigenvalue weighted by Gasteiger charge is -2.68. The molecule has 2 aliphatic rings. The lowest BCUT2D eigenvalue weighted by atomic mass is 9.68. The van der Waals surface area contributed by atoms with Gasteiger partial charge in [0.25, 0.3) is 5.91 Å². The molecule has 0 bridgehead atoms. The Hall–Kier alpha value is -2.11. The van der Waals surface area contributed by atoms with Crippen LogP contribution in [0.1, 0.15) is 5.56 Å². The van der Waals surface area contributed by atoms with Crippen LogP contribution in [0, 0.1) is 0 Å². The van der Waals surface area contributed by atoms with Gasteiger partial charge in [-0.05, 0) is 36.5 Å². The van der Waals surface area contributed by atoms with E-state index in [-0.39, 0.29) is 11.0 Å². The number of nitrogens with one attached hydrogen (secondary N) is 1. The van der Waals surface area contributed by atoms with Crippen molar-refractivity contribution in [2.24, 2.45) is 0 Å². The van der Waals surface area contributed by atoms with Crippen LogP contribution in [0.25, 0.3) is 0 Å². The molecule has 0 aromatic heterocycles. The number of hydrogen-bond acceptors (Lipinski definition) is 4. The number of β-lactam (4-membered cyclic amide) rings is 1. The standard InChI is InChI=1S/C17H14N2O2S/c1-18-17-16(15(21)22-17,12-8-4-2-5-9-12)14(20)19(17)13-10-6-3-7-11-13/h2-11,18H,1H3. The second kappa shape index (κ2) is 4.44.